The Morgan fingerprint density at radius 3 is 1.87 bits per heavy atom. The number of benzene rings is 1. The van der Waals surface area contributed by atoms with Crippen LogP contribution in [0.15, 0.2) is 12.1 Å². The first kappa shape index (κ1) is 24.9. The molecule has 0 saturated carbocycles. The predicted octanol–water partition coefficient (Wildman–Crippen LogP) is 7.00. The molecule has 1 aliphatic heterocycles. The quantitative estimate of drug-likeness (QED) is 0.349. The van der Waals surface area contributed by atoms with Gasteiger partial charge in [0.05, 0.1) is 0 Å². The number of hydrogen-bond acceptors (Lipinski definition) is 3. The van der Waals surface area contributed by atoms with Gasteiger partial charge in [-0.3, -0.25) is 4.79 Å². The van der Waals surface area contributed by atoms with E-state index in [4.69, 9.17) is 0 Å². The Morgan fingerprint density at radius 2 is 1.33 bits per heavy atom. The number of phenols is 1. The van der Waals surface area contributed by atoms with Gasteiger partial charge in [0.2, 0.25) is 0 Å². The molecule has 3 nitrogen and oxygen atoms in total. The molecule has 0 bridgehead atoms. The average Bonchev–Trinajstić information content (AvgIpc) is 2.66. The van der Waals surface area contributed by atoms with E-state index in [0.29, 0.717) is 12.2 Å². The number of carbonyl (C=O) groups excluding carboxylic acids is 1. The molecule has 2 rings (SSSR count). The summed E-state index contributed by atoms with van der Waals surface area (Å²) < 4.78 is 0. The van der Waals surface area contributed by atoms with Crippen molar-refractivity contribution in [2.45, 2.75) is 110 Å². The number of piperidine rings is 1. The molecule has 170 valence electrons. The van der Waals surface area contributed by atoms with E-state index in [9.17, 15) is 9.90 Å². The molecular formula is C27H45NO2. The Labute approximate surface area is 185 Å². The Balaban J connectivity index is 1.85. The van der Waals surface area contributed by atoms with E-state index >= 15 is 0 Å². The molecule has 0 amide bonds. The number of phenolic OH excluding ortho intramolecular Hbond substituents is 1. The lowest BCUT2D eigenvalue weighted by atomic mass is 9.78. The zero-order chi connectivity index (χ0) is 22.4. The molecule has 0 atom stereocenters. The molecule has 1 N–H and O–H groups in total. The average molecular weight is 416 g/mol. The molecule has 0 aliphatic carbocycles. The number of nitrogens with zero attached hydrogens (tertiary/aromatic N) is 1. The maximum absolute atomic E-state index is 12.9. The lowest BCUT2D eigenvalue weighted by Crippen LogP contribution is -2.30. The zero-order valence-corrected chi connectivity index (χ0v) is 20.4. The number of Topliss-reactive ketones (excluding diaryl/α,β-unsaturated/α-hetero) is 1. The maximum atomic E-state index is 12.9. The Bertz CT molecular complexity index is 653. The van der Waals surface area contributed by atoms with E-state index in [0.717, 1.165) is 29.5 Å². The first-order chi connectivity index (χ1) is 14.0. The van der Waals surface area contributed by atoms with E-state index in [2.05, 4.69) is 46.4 Å². The van der Waals surface area contributed by atoms with E-state index < -0.39 is 0 Å². The number of likely N-dealkylation sites (tertiary alicyclic amines) is 1. The van der Waals surface area contributed by atoms with Gasteiger partial charge in [-0.25, -0.2) is 0 Å². The molecule has 0 unspecified atom stereocenters. The summed E-state index contributed by atoms with van der Waals surface area (Å²) in [6.45, 7) is 16.4. The van der Waals surface area contributed by atoms with Crippen molar-refractivity contribution < 1.29 is 9.90 Å². The van der Waals surface area contributed by atoms with Crippen LogP contribution in [-0.4, -0.2) is 35.4 Å². The highest BCUT2D eigenvalue weighted by Crippen LogP contribution is 2.40. The highest BCUT2D eigenvalue weighted by molar-refractivity contribution is 5.96. The van der Waals surface area contributed by atoms with Crippen molar-refractivity contribution in [2.24, 2.45) is 0 Å². The lowest BCUT2D eigenvalue weighted by molar-refractivity contribution is 0.0978. The van der Waals surface area contributed by atoms with Gasteiger partial charge < -0.3 is 10.0 Å². The van der Waals surface area contributed by atoms with Gasteiger partial charge in [-0.1, -0.05) is 67.2 Å². The van der Waals surface area contributed by atoms with Crippen LogP contribution in [0.25, 0.3) is 0 Å². The van der Waals surface area contributed by atoms with Crippen molar-refractivity contribution in [1.82, 2.24) is 4.90 Å². The van der Waals surface area contributed by atoms with Crippen LogP contribution in [0.3, 0.4) is 0 Å². The van der Waals surface area contributed by atoms with Crippen LogP contribution in [0.5, 0.6) is 5.75 Å². The van der Waals surface area contributed by atoms with Gasteiger partial charge in [0.1, 0.15) is 5.75 Å². The van der Waals surface area contributed by atoms with Crippen LogP contribution < -0.4 is 0 Å². The fourth-order valence-corrected chi connectivity index (χ4v) is 4.42. The largest absolute Gasteiger partial charge is 0.507 e. The first-order valence-corrected chi connectivity index (χ1v) is 12.1. The normalized spacial score (nSPS) is 16.1. The molecule has 1 aromatic carbocycles. The number of unbranched alkanes of at least 4 members (excludes halogenated alkanes) is 4. The molecule has 0 spiro atoms. The smallest absolute Gasteiger partial charge is 0.162 e. The summed E-state index contributed by atoms with van der Waals surface area (Å²) >= 11 is 0. The molecule has 3 heteroatoms. The summed E-state index contributed by atoms with van der Waals surface area (Å²) in [5.74, 6) is 0.555. The second kappa shape index (κ2) is 10.8. The predicted molar refractivity (Wildman–Crippen MR) is 128 cm³/mol. The van der Waals surface area contributed by atoms with E-state index in [1.807, 2.05) is 12.1 Å². The van der Waals surface area contributed by atoms with Crippen LogP contribution in [0.2, 0.25) is 0 Å². The lowest BCUT2D eigenvalue weighted by Gasteiger charge is -2.28. The molecule has 0 aromatic heterocycles. The molecule has 30 heavy (non-hydrogen) atoms. The van der Waals surface area contributed by atoms with Crippen molar-refractivity contribution >= 4 is 5.78 Å². The molecule has 0 radical (unpaired) electrons. The minimum Gasteiger partial charge on any atom is -0.507 e. The standard InChI is InChI=1S/C27H45NO2/c1-26(2,3)22-19-21(20-23(25(22)30)27(4,5)6)24(29)15-11-8-7-9-12-16-28-17-13-10-14-18-28/h19-20,30H,7-18H2,1-6H3. The van der Waals surface area contributed by atoms with Gasteiger partial charge in [-0.05, 0) is 68.3 Å². The SMILES string of the molecule is CC(C)(C)c1cc(C(=O)CCCCCCCN2CCCCC2)cc(C(C)(C)C)c1O. The summed E-state index contributed by atoms with van der Waals surface area (Å²) in [4.78, 5) is 15.5. The fraction of sp³-hybridized carbons (Fsp3) is 0.741. The molecule has 1 fully saturated rings. The van der Waals surface area contributed by atoms with Crippen LogP contribution in [0.4, 0.5) is 0 Å². The highest BCUT2D eigenvalue weighted by Gasteiger charge is 2.27. The molecule has 1 aromatic rings. The maximum Gasteiger partial charge on any atom is 0.162 e. The van der Waals surface area contributed by atoms with Gasteiger partial charge in [0.15, 0.2) is 5.78 Å². The van der Waals surface area contributed by atoms with Crippen LogP contribution >= 0.6 is 0 Å². The number of carbonyl (C=O) groups is 1. The van der Waals surface area contributed by atoms with Gasteiger partial charge in [-0.15, -0.1) is 0 Å². The molecular weight excluding hydrogens is 370 g/mol. The Hall–Kier alpha value is -1.35. The number of aromatic hydroxyl groups is 1. The number of hydrogen-bond donors (Lipinski definition) is 1. The van der Waals surface area contributed by atoms with Crippen molar-refractivity contribution in [1.29, 1.82) is 0 Å². The van der Waals surface area contributed by atoms with E-state index in [-0.39, 0.29) is 16.6 Å². The van der Waals surface area contributed by atoms with Crippen LogP contribution in [0.1, 0.15) is 121 Å². The molecule has 1 saturated heterocycles. The summed E-state index contributed by atoms with van der Waals surface area (Å²) in [6, 6.07) is 3.84. The third-order valence-electron chi connectivity index (χ3n) is 6.37. The van der Waals surface area contributed by atoms with Gasteiger partial charge in [0.25, 0.3) is 0 Å². The van der Waals surface area contributed by atoms with Crippen molar-refractivity contribution in [3.63, 3.8) is 0 Å². The van der Waals surface area contributed by atoms with Crippen molar-refractivity contribution in [3.05, 3.63) is 28.8 Å². The van der Waals surface area contributed by atoms with Crippen LogP contribution in [0, 0.1) is 0 Å². The molecule has 1 aliphatic rings. The minimum atomic E-state index is -0.200. The van der Waals surface area contributed by atoms with Crippen molar-refractivity contribution in [2.75, 3.05) is 19.6 Å². The summed E-state index contributed by atoms with van der Waals surface area (Å²) in [5, 5.41) is 10.8. The van der Waals surface area contributed by atoms with Crippen molar-refractivity contribution in [3.8, 4) is 5.75 Å². The van der Waals surface area contributed by atoms with E-state index in [1.54, 1.807) is 0 Å². The monoisotopic (exact) mass is 415 g/mol. The van der Waals surface area contributed by atoms with Gasteiger partial charge in [-0.2, -0.15) is 0 Å². The fourth-order valence-electron chi connectivity index (χ4n) is 4.42. The van der Waals surface area contributed by atoms with Gasteiger partial charge in [0, 0.05) is 23.1 Å². The number of rotatable bonds is 9. The third-order valence-corrected chi connectivity index (χ3v) is 6.37. The van der Waals surface area contributed by atoms with E-state index in [1.165, 1.54) is 58.2 Å². The minimum absolute atomic E-state index is 0.200. The first-order valence-electron chi connectivity index (χ1n) is 12.1. The molecule has 1 heterocycles. The summed E-state index contributed by atoms with van der Waals surface area (Å²) in [5.41, 5.74) is 2.10. The zero-order valence-electron chi connectivity index (χ0n) is 20.4. The second-order valence-corrected chi connectivity index (χ2v) is 11.3. The topological polar surface area (TPSA) is 40.5 Å². The van der Waals surface area contributed by atoms with Gasteiger partial charge >= 0.3 is 0 Å². The summed E-state index contributed by atoms with van der Waals surface area (Å²) in [7, 11) is 0. The Kier molecular flexibility index (Phi) is 8.97. The Morgan fingerprint density at radius 1 is 0.833 bits per heavy atom. The third kappa shape index (κ3) is 7.41. The summed E-state index contributed by atoms with van der Waals surface area (Å²) in [6.07, 6.45) is 10.6. The number of ketones is 1. The highest BCUT2D eigenvalue weighted by atomic mass is 16.3. The second-order valence-electron chi connectivity index (χ2n) is 11.3. The van der Waals surface area contributed by atoms with Crippen LogP contribution in [-0.2, 0) is 10.8 Å².